The van der Waals surface area contributed by atoms with Crippen LogP contribution in [0, 0.1) is 11.3 Å². The standard InChI is InChI=1S/C18H14N4O2/c19-11-13-6-8-15(9-7-13)18-22-21-17(24-18)10-16(23)20-12-14-4-2-1-3-5-14/h1-9H,10,12H2,(H,20,23). The molecule has 24 heavy (non-hydrogen) atoms. The van der Waals surface area contributed by atoms with Gasteiger partial charge < -0.3 is 9.73 Å². The average Bonchev–Trinajstić information content (AvgIpc) is 3.09. The molecule has 0 bridgehead atoms. The molecule has 6 nitrogen and oxygen atoms in total. The fraction of sp³-hybridized carbons (Fsp3) is 0.111. The number of nitrogens with zero attached hydrogens (tertiary/aromatic N) is 3. The summed E-state index contributed by atoms with van der Waals surface area (Å²) in [6.45, 7) is 0.455. The molecule has 0 saturated heterocycles. The Bertz CT molecular complexity index is 864. The summed E-state index contributed by atoms with van der Waals surface area (Å²) in [5.41, 5.74) is 2.28. The van der Waals surface area contributed by atoms with Crippen LogP contribution in [0.2, 0.25) is 0 Å². The number of carbonyl (C=O) groups is 1. The van der Waals surface area contributed by atoms with E-state index in [1.807, 2.05) is 36.4 Å². The maximum absolute atomic E-state index is 11.9. The van der Waals surface area contributed by atoms with Crippen molar-refractivity contribution in [2.24, 2.45) is 0 Å². The topological polar surface area (TPSA) is 91.8 Å². The zero-order valence-corrected chi connectivity index (χ0v) is 12.8. The Morgan fingerprint density at radius 2 is 1.83 bits per heavy atom. The molecule has 0 aliphatic heterocycles. The Morgan fingerprint density at radius 3 is 2.54 bits per heavy atom. The summed E-state index contributed by atoms with van der Waals surface area (Å²) in [5.74, 6) is 0.388. The van der Waals surface area contributed by atoms with Crippen molar-refractivity contribution in [1.29, 1.82) is 5.26 Å². The van der Waals surface area contributed by atoms with Gasteiger partial charge >= 0.3 is 0 Å². The first-order chi connectivity index (χ1) is 11.7. The molecule has 0 saturated carbocycles. The zero-order chi connectivity index (χ0) is 16.8. The number of aromatic nitrogens is 2. The summed E-state index contributed by atoms with van der Waals surface area (Å²) >= 11 is 0. The van der Waals surface area contributed by atoms with E-state index < -0.39 is 0 Å². The number of carbonyl (C=O) groups excluding carboxylic acids is 1. The molecule has 1 amide bonds. The Kier molecular flexibility index (Phi) is 4.63. The Hall–Kier alpha value is -3.46. The van der Waals surface area contributed by atoms with Crippen molar-refractivity contribution in [3.63, 3.8) is 0 Å². The third kappa shape index (κ3) is 3.84. The molecule has 2 aromatic carbocycles. The lowest BCUT2D eigenvalue weighted by atomic mass is 10.1. The van der Waals surface area contributed by atoms with E-state index in [0.29, 0.717) is 23.6 Å². The minimum Gasteiger partial charge on any atom is -0.420 e. The van der Waals surface area contributed by atoms with Crippen LogP contribution in [0.25, 0.3) is 11.5 Å². The number of nitrogens with one attached hydrogen (secondary N) is 1. The predicted molar refractivity (Wildman–Crippen MR) is 86.4 cm³/mol. The number of hydrogen-bond donors (Lipinski definition) is 1. The number of benzene rings is 2. The van der Waals surface area contributed by atoms with Crippen LogP contribution in [0.3, 0.4) is 0 Å². The van der Waals surface area contributed by atoms with Gasteiger partial charge in [0.2, 0.25) is 17.7 Å². The van der Waals surface area contributed by atoms with Crippen molar-refractivity contribution in [2.75, 3.05) is 0 Å². The molecule has 0 atom stereocenters. The molecule has 0 fully saturated rings. The van der Waals surface area contributed by atoms with Gasteiger partial charge in [-0.2, -0.15) is 5.26 Å². The molecule has 0 aliphatic carbocycles. The Morgan fingerprint density at radius 1 is 1.08 bits per heavy atom. The third-order valence-electron chi connectivity index (χ3n) is 3.37. The number of amides is 1. The lowest BCUT2D eigenvalue weighted by molar-refractivity contribution is -0.120. The first kappa shape index (κ1) is 15.4. The second kappa shape index (κ2) is 7.20. The number of hydrogen-bond acceptors (Lipinski definition) is 5. The van der Waals surface area contributed by atoms with Crippen molar-refractivity contribution in [2.45, 2.75) is 13.0 Å². The molecular weight excluding hydrogens is 304 g/mol. The van der Waals surface area contributed by atoms with Gasteiger partial charge in [-0.15, -0.1) is 10.2 Å². The second-order valence-electron chi connectivity index (χ2n) is 5.13. The quantitative estimate of drug-likeness (QED) is 0.780. The van der Waals surface area contributed by atoms with Crippen molar-refractivity contribution in [1.82, 2.24) is 15.5 Å². The van der Waals surface area contributed by atoms with E-state index >= 15 is 0 Å². The van der Waals surface area contributed by atoms with Crippen LogP contribution < -0.4 is 5.32 Å². The first-order valence-electron chi connectivity index (χ1n) is 7.38. The van der Waals surface area contributed by atoms with Crippen LogP contribution in [0.1, 0.15) is 17.0 Å². The molecule has 3 aromatic rings. The van der Waals surface area contributed by atoms with E-state index in [1.54, 1.807) is 24.3 Å². The normalized spacial score (nSPS) is 10.1. The van der Waals surface area contributed by atoms with Gasteiger partial charge in [-0.1, -0.05) is 30.3 Å². The molecule has 0 spiro atoms. The molecule has 118 valence electrons. The minimum atomic E-state index is -0.186. The molecule has 0 radical (unpaired) electrons. The molecular formula is C18H14N4O2. The Labute approximate surface area is 138 Å². The molecule has 0 unspecified atom stereocenters. The van der Waals surface area contributed by atoms with Gasteiger partial charge in [-0.05, 0) is 29.8 Å². The van der Waals surface area contributed by atoms with Crippen LogP contribution >= 0.6 is 0 Å². The fourth-order valence-electron chi connectivity index (χ4n) is 2.13. The molecule has 6 heteroatoms. The van der Waals surface area contributed by atoms with Crippen molar-refractivity contribution >= 4 is 5.91 Å². The smallest absolute Gasteiger partial charge is 0.247 e. The van der Waals surface area contributed by atoms with E-state index in [1.165, 1.54) is 0 Å². The van der Waals surface area contributed by atoms with Crippen molar-refractivity contribution < 1.29 is 9.21 Å². The highest BCUT2D eigenvalue weighted by atomic mass is 16.4. The molecule has 1 N–H and O–H groups in total. The van der Waals surface area contributed by atoms with Gasteiger partial charge in [0.1, 0.15) is 6.42 Å². The number of rotatable bonds is 5. The monoisotopic (exact) mass is 318 g/mol. The van der Waals surface area contributed by atoms with Gasteiger partial charge in [0.25, 0.3) is 0 Å². The van der Waals surface area contributed by atoms with Crippen LogP contribution in [0.4, 0.5) is 0 Å². The maximum Gasteiger partial charge on any atom is 0.247 e. The van der Waals surface area contributed by atoms with E-state index in [4.69, 9.17) is 9.68 Å². The van der Waals surface area contributed by atoms with Crippen molar-refractivity contribution in [3.05, 3.63) is 71.6 Å². The van der Waals surface area contributed by atoms with E-state index in [-0.39, 0.29) is 18.2 Å². The molecule has 0 aliphatic rings. The van der Waals surface area contributed by atoms with Crippen LogP contribution in [0.5, 0.6) is 0 Å². The molecule has 1 aromatic heterocycles. The molecule has 3 rings (SSSR count). The average molecular weight is 318 g/mol. The maximum atomic E-state index is 11.9. The van der Waals surface area contributed by atoms with Crippen LogP contribution in [-0.2, 0) is 17.8 Å². The summed E-state index contributed by atoms with van der Waals surface area (Å²) in [7, 11) is 0. The summed E-state index contributed by atoms with van der Waals surface area (Å²) < 4.78 is 5.50. The van der Waals surface area contributed by atoms with Crippen LogP contribution in [0.15, 0.2) is 59.0 Å². The second-order valence-corrected chi connectivity index (χ2v) is 5.13. The zero-order valence-electron chi connectivity index (χ0n) is 12.8. The van der Waals surface area contributed by atoms with Gasteiger partial charge in [-0.25, -0.2) is 0 Å². The minimum absolute atomic E-state index is 0.0239. The van der Waals surface area contributed by atoms with Gasteiger partial charge in [0.15, 0.2) is 0 Å². The summed E-state index contributed by atoms with van der Waals surface area (Å²) in [5, 5.41) is 19.4. The fourth-order valence-corrected chi connectivity index (χ4v) is 2.13. The third-order valence-corrected chi connectivity index (χ3v) is 3.37. The van der Waals surface area contributed by atoms with E-state index in [0.717, 1.165) is 5.56 Å². The lowest BCUT2D eigenvalue weighted by Crippen LogP contribution is -2.24. The highest BCUT2D eigenvalue weighted by molar-refractivity contribution is 5.77. The van der Waals surface area contributed by atoms with Crippen molar-refractivity contribution in [3.8, 4) is 17.5 Å². The Balaban J connectivity index is 1.59. The van der Waals surface area contributed by atoms with Gasteiger partial charge in [-0.3, -0.25) is 4.79 Å². The SMILES string of the molecule is N#Cc1ccc(-c2nnc(CC(=O)NCc3ccccc3)o2)cc1. The highest BCUT2D eigenvalue weighted by Gasteiger charge is 2.12. The summed E-state index contributed by atoms with van der Waals surface area (Å²) in [6.07, 6.45) is 0.0239. The number of nitriles is 1. The van der Waals surface area contributed by atoms with Gasteiger partial charge in [0, 0.05) is 12.1 Å². The highest BCUT2D eigenvalue weighted by Crippen LogP contribution is 2.18. The molecule has 1 heterocycles. The van der Waals surface area contributed by atoms with Crippen LogP contribution in [-0.4, -0.2) is 16.1 Å². The van der Waals surface area contributed by atoms with E-state index in [9.17, 15) is 4.79 Å². The lowest BCUT2D eigenvalue weighted by Gasteiger charge is -2.03. The van der Waals surface area contributed by atoms with Gasteiger partial charge in [0.05, 0.1) is 11.6 Å². The summed E-state index contributed by atoms with van der Waals surface area (Å²) in [4.78, 5) is 11.9. The van der Waals surface area contributed by atoms with E-state index in [2.05, 4.69) is 15.5 Å². The largest absolute Gasteiger partial charge is 0.420 e. The summed E-state index contributed by atoms with van der Waals surface area (Å²) in [6, 6.07) is 18.5. The predicted octanol–water partition coefficient (Wildman–Crippen LogP) is 2.47. The first-order valence-corrected chi connectivity index (χ1v) is 7.38.